The molecule has 0 aliphatic carbocycles. The van der Waals surface area contributed by atoms with Crippen molar-refractivity contribution in [3.63, 3.8) is 0 Å². The quantitative estimate of drug-likeness (QED) is 0.392. The summed E-state index contributed by atoms with van der Waals surface area (Å²) in [4.78, 5) is 2.19. The smallest absolute Gasteiger partial charge is 0.170 e. The highest BCUT2D eigenvalue weighted by Crippen LogP contribution is 2.21. The molecule has 2 rings (SSSR count). The van der Waals surface area contributed by atoms with Crippen molar-refractivity contribution in [3.8, 4) is 0 Å². The van der Waals surface area contributed by atoms with Gasteiger partial charge < -0.3 is 15.8 Å². The Morgan fingerprint density at radius 2 is 1.95 bits per heavy atom. The Kier molecular flexibility index (Phi) is 4.48. The second-order valence-electron chi connectivity index (χ2n) is 5.33. The maximum atomic E-state index is 8.75. The van der Waals surface area contributed by atoms with Crippen molar-refractivity contribution < 1.29 is 5.21 Å². The first-order chi connectivity index (χ1) is 10.0. The van der Waals surface area contributed by atoms with Gasteiger partial charge in [-0.15, -0.1) is 0 Å². The highest BCUT2D eigenvalue weighted by atomic mass is 16.4. The molecule has 0 bridgehead atoms. The molecule has 0 aliphatic rings. The average molecular weight is 283 g/mol. The molecule has 0 unspecified atom stereocenters. The van der Waals surface area contributed by atoms with Gasteiger partial charge in [0.25, 0.3) is 0 Å². The Hall–Kier alpha value is -2.49. The lowest BCUT2D eigenvalue weighted by atomic mass is 10.1. The number of hydrogen-bond acceptors (Lipinski definition) is 3. The Balaban J connectivity index is 2.21. The van der Waals surface area contributed by atoms with E-state index in [9.17, 15) is 0 Å². The van der Waals surface area contributed by atoms with Gasteiger partial charge in [-0.2, -0.15) is 0 Å². The molecular formula is C17H21N3O. The van der Waals surface area contributed by atoms with E-state index >= 15 is 0 Å². The topological polar surface area (TPSA) is 61.8 Å². The zero-order valence-electron chi connectivity index (χ0n) is 12.7. The maximum absolute atomic E-state index is 8.75. The van der Waals surface area contributed by atoms with Gasteiger partial charge >= 0.3 is 0 Å². The van der Waals surface area contributed by atoms with Crippen LogP contribution in [0.4, 0.5) is 5.69 Å². The van der Waals surface area contributed by atoms with Crippen molar-refractivity contribution >= 4 is 11.5 Å². The SMILES string of the molecule is Cc1ccc(N(C)Cc2cccc(C(N)=NO)c2)c(C)c1. The Labute approximate surface area is 125 Å². The van der Waals surface area contributed by atoms with E-state index in [1.807, 2.05) is 24.3 Å². The van der Waals surface area contributed by atoms with Crippen molar-refractivity contribution in [3.05, 3.63) is 64.7 Å². The first-order valence-corrected chi connectivity index (χ1v) is 6.86. The number of oxime groups is 1. The maximum Gasteiger partial charge on any atom is 0.170 e. The van der Waals surface area contributed by atoms with Gasteiger partial charge in [-0.25, -0.2) is 0 Å². The molecule has 0 amide bonds. The monoisotopic (exact) mass is 283 g/mol. The third-order valence-electron chi connectivity index (χ3n) is 3.51. The number of nitrogens with zero attached hydrogens (tertiary/aromatic N) is 2. The molecule has 0 radical (unpaired) electrons. The third-order valence-corrected chi connectivity index (χ3v) is 3.51. The van der Waals surface area contributed by atoms with Crippen molar-refractivity contribution in [1.29, 1.82) is 0 Å². The Morgan fingerprint density at radius 3 is 2.62 bits per heavy atom. The van der Waals surface area contributed by atoms with E-state index in [-0.39, 0.29) is 5.84 Å². The molecule has 110 valence electrons. The minimum absolute atomic E-state index is 0.131. The molecule has 4 heteroatoms. The van der Waals surface area contributed by atoms with Crippen LogP contribution in [0.25, 0.3) is 0 Å². The third kappa shape index (κ3) is 3.54. The van der Waals surface area contributed by atoms with Crippen LogP contribution in [0.2, 0.25) is 0 Å². The number of amidine groups is 1. The van der Waals surface area contributed by atoms with Gasteiger partial charge in [-0.05, 0) is 37.1 Å². The highest BCUT2D eigenvalue weighted by Gasteiger charge is 2.07. The molecule has 0 aromatic heterocycles. The summed E-state index contributed by atoms with van der Waals surface area (Å²) in [5.41, 5.74) is 11.2. The van der Waals surface area contributed by atoms with E-state index in [1.165, 1.54) is 16.8 Å². The fraction of sp³-hybridized carbons (Fsp3) is 0.235. The minimum Gasteiger partial charge on any atom is -0.409 e. The van der Waals surface area contributed by atoms with Crippen molar-refractivity contribution in [1.82, 2.24) is 0 Å². The lowest BCUT2D eigenvalue weighted by Gasteiger charge is -2.22. The summed E-state index contributed by atoms with van der Waals surface area (Å²) in [6, 6.07) is 14.2. The minimum atomic E-state index is 0.131. The molecule has 4 nitrogen and oxygen atoms in total. The predicted molar refractivity (Wildman–Crippen MR) is 87.0 cm³/mol. The molecule has 0 atom stereocenters. The lowest BCUT2D eigenvalue weighted by Crippen LogP contribution is -2.18. The largest absolute Gasteiger partial charge is 0.409 e. The summed E-state index contributed by atoms with van der Waals surface area (Å²) in [6.45, 7) is 4.97. The van der Waals surface area contributed by atoms with Gasteiger partial charge in [0.1, 0.15) is 0 Å². The zero-order valence-corrected chi connectivity index (χ0v) is 12.7. The molecule has 0 saturated heterocycles. The number of benzene rings is 2. The number of hydrogen-bond donors (Lipinski definition) is 2. The van der Waals surface area contributed by atoms with Gasteiger partial charge in [0.15, 0.2) is 5.84 Å². The fourth-order valence-electron chi connectivity index (χ4n) is 2.48. The van der Waals surface area contributed by atoms with Crippen LogP contribution in [-0.4, -0.2) is 18.1 Å². The summed E-state index contributed by atoms with van der Waals surface area (Å²) in [6.07, 6.45) is 0. The lowest BCUT2D eigenvalue weighted by molar-refractivity contribution is 0.318. The van der Waals surface area contributed by atoms with E-state index < -0.39 is 0 Å². The van der Waals surface area contributed by atoms with E-state index in [0.29, 0.717) is 0 Å². The van der Waals surface area contributed by atoms with Crippen LogP contribution < -0.4 is 10.6 Å². The van der Waals surface area contributed by atoms with Gasteiger partial charge in [-0.1, -0.05) is 41.1 Å². The van der Waals surface area contributed by atoms with E-state index in [2.05, 4.69) is 49.1 Å². The number of rotatable bonds is 4. The summed E-state index contributed by atoms with van der Waals surface area (Å²) < 4.78 is 0. The van der Waals surface area contributed by atoms with E-state index in [4.69, 9.17) is 10.9 Å². The molecule has 0 saturated carbocycles. The summed E-state index contributed by atoms with van der Waals surface area (Å²) in [7, 11) is 2.06. The Morgan fingerprint density at radius 1 is 1.19 bits per heavy atom. The zero-order chi connectivity index (χ0) is 15.4. The number of nitrogens with two attached hydrogens (primary N) is 1. The standard InChI is InChI=1S/C17H21N3O/c1-12-7-8-16(13(2)9-12)20(3)11-14-5-4-6-15(10-14)17(18)19-21/h4-10,21H,11H2,1-3H3,(H2,18,19). The second kappa shape index (κ2) is 6.31. The molecule has 0 fully saturated rings. The van der Waals surface area contributed by atoms with Crippen LogP contribution in [0.15, 0.2) is 47.6 Å². The molecule has 0 spiro atoms. The first-order valence-electron chi connectivity index (χ1n) is 6.86. The molecule has 3 N–H and O–H groups in total. The highest BCUT2D eigenvalue weighted by molar-refractivity contribution is 5.97. The summed E-state index contributed by atoms with van der Waals surface area (Å²) >= 11 is 0. The van der Waals surface area contributed by atoms with Crippen molar-refractivity contribution in [2.45, 2.75) is 20.4 Å². The molecule has 2 aromatic carbocycles. The number of aryl methyl sites for hydroxylation is 2. The Bertz CT molecular complexity index is 665. The van der Waals surface area contributed by atoms with E-state index in [1.54, 1.807) is 0 Å². The molecule has 0 aliphatic heterocycles. The first kappa shape index (κ1) is 14.9. The van der Waals surface area contributed by atoms with Gasteiger partial charge in [0, 0.05) is 24.8 Å². The summed E-state index contributed by atoms with van der Waals surface area (Å²) in [5, 5.41) is 11.8. The van der Waals surface area contributed by atoms with E-state index in [0.717, 1.165) is 17.7 Å². The van der Waals surface area contributed by atoms with Gasteiger partial charge in [0.05, 0.1) is 0 Å². The van der Waals surface area contributed by atoms with Crippen molar-refractivity contribution in [2.75, 3.05) is 11.9 Å². The average Bonchev–Trinajstić information content (AvgIpc) is 2.46. The van der Waals surface area contributed by atoms with Gasteiger partial charge in [0.2, 0.25) is 0 Å². The van der Waals surface area contributed by atoms with Crippen LogP contribution in [0.3, 0.4) is 0 Å². The summed E-state index contributed by atoms with van der Waals surface area (Å²) in [5.74, 6) is 0.131. The van der Waals surface area contributed by atoms with Crippen LogP contribution in [0, 0.1) is 13.8 Å². The number of anilines is 1. The molecular weight excluding hydrogens is 262 g/mol. The van der Waals surface area contributed by atoms with Crippen LogP contribution in [0.5, 0.6) is 0 Å². The molecule has 2 aromatic rings. The van der Waals surface area contributed by atoms with Crippen LogP contribution in [0.1, 0.15) is 22.3 Å². The van der Waals surface area contributed by atoms with Crippen LogP contribution >= 0.6 is 0 Å². The normalized spacial score (nSPS) is 11.5. The predicted octanol–water partition coefficient (Wildman–Crippen LogP) is 3.03. The molecule has 0 heterocycles. The van der Waals surface area contributed by atoms with Crippen LogP contribution in [-0.2, 0) is 6.54 Å². The molecule has 21 heavy (non-hydrogen) atoms. The fourth-order valence-corrected chi connectivity index (χ4v) is 2.48. The van der Waals surface area contributed by atoms with Crippen molar-refractivity contribution in [2.24, 2.45) is 10.9 Å². The second-order valence-corrected chi connectivity index (χ2v) is 5.33. The van der Waals surface area contributed by atoms with Gasteiger partial charge in [-0.3, -0.25) is 0 Å².